The van der Waals surface area contributed by atoms with Gasteiger partial charge >= 0.3 is 0 Å². The molecule has 144 valence electrons. The summed E-state index contributed by atoms with van der Waals surface area (Å²) < 4.78 is 11.9. The van der Waals surface area contributed by atoms with E-state index >= 15 is 0 Å². The third-order valence-electron chi connectivity index (χ3n) is 5.44. The molecule has 4 rings (SSSR count). The molecule has 0 atom stereocenters. The van der Waals surface area contributed by atoms with Crippen LogP contribution in [0, 0.1) is 6.92 Å². The zero-order valence-electron chi connectivity index (χ0n) is 16.6. The molecule has 0 aliphatic heterocycles. The zero-order chi connectivity index (χ0) is 19.7. The molecule has 1 heterocycles. The molecule has 4 heteroatoms. The molecule has 0 bridgehead atoms. The fraction of sp³-hybridized carbons (Fsp3) is 0.292. The number of para-hydroxylation sites is 1. The van der Waals surface area contributed by atoms with E-state index in [1.54, 1.807) is 13.2 Å². The Labute approximate surface area is 165 Å². The standard InChI is InChI=1S/C24H25NO3/c1-15(13-22(26)25-17-9-5-4-6-10-17)19-14-20-18-11-7-8-12-21(18)28-24(20)16(2)23(19)27-3/h4-6,9-10,13-14H,7-8,11-12H2,1-3H3,(H,25,26)/b15-13+. The lowest BCUT2D eigenvalue weighted by molar-refractivity contribution is -0.111. The highest BCUT2D eigenvalue weighted by Crippen LogP contribution is 2.41. The first kappa shape index (κ1) is 18.4. The fourth-order valence-electron chi connectivity index (χ4n) is 4.07. The summed E-state index contributed by atoms with van der Waals surface area (Å²) >= 11 is 0. The first-order valence-corrected chi connectivity index (χ1v) is 9.75. The summed E-state index contributed by atoms with van der Waals surface area (Å²) in [5.74, 6) is 1.71. The van der Waals surface area contributed by atoms with Crippen LogP contribution >= 0.6 is 0 Å². The number of furan rings is 1. The van der Waals surface area contributed by atoms with Crippen molar-refractivity contribution in [3.63, 3.8) is 0 Å². The van der Waals surface area contributed by atoms with Crippen LogP contribution < -0.4 is 10.1 Å². The first-order valence-electron chi connectivity index (χ1n) is 9.75. The Bertz CT molecular complexity index is 1060. The Morgan fingerprint density at radius 1 is 1.18 bits per heavy atom. The molecule has 4 nitrogen and oxygen atoms in total. The quantitative estimate of drug-likeness (QED) is 0.598. The maximum absolute atomic E-state index is 12.5. The highest BCUT2D eigenvalue weighted by molar-refractivity contribution is 6.05. The van der Waals surface area contributed by atoms with Gasteiger partial charge in [-0.15, -0.1) is 0 Å². The molecular formula is C24H25NO3. The summed E-state index contributed by atoms with van der Waals surface area (Å²) in [5, 5.41) is 4.05. The average Bonchev–Trinajstić information content (AvgIpc) is 3.07. The second kappa shape index (κ2) is 7.55. The predicted octanol–water partition coefficient (Wildman–Crippen LogP) is 5.67. The van der Waals surface area contributed by atoms with Crippen LogP contribution in [-0.4, -0.2) is 13.0 Å². The summed E-state index contributed by atoms with van der Waals surface area (Å²) in [7, 11) is 1.66. The van der Waals surface area contributed by atoms with Gasteiger partial charge in [0.1, 0.15) is 17.1 Å². The third-order valence-corrected chi connectivity index (χ3v) is 5.44. The summed E-state index contributed by atoms with van der Waals surface area (Å²) in [6.45, 7) is 3.97. The number of nitrogens with one attached hydrogen (secondary N) is 1. The Morgan fingerprint density at radius 3 is 2.68 bits per heavy atom. The lowest BCUT2D eigenvalue weighted by Crippen LogP contribution is -2.08. The smallest absolute Gasteiger partial charge is 0.248 e. The van der Waals surface area contributed by atoms with E-state index < -0.39 is 0 Å². The molecule has 2 aromatic carbocycles. The number of benzene rings is 2. The number of fused-ring (bicyclic) bond motifs is 3. The topological polar surface area (TPSA) is 51.5 Å². The Balaban J connectivity index is 1.75. The molecule has 1 aliphatic rings. The van der Waals surface area contributed by atoms with Gasteiger partial charge in [0.05, 0.1) is 7.11 Å². The Morgan fingerprint density at radius 2 is 1.93 bits per heavy atom. The largest absolute Gasteiger partial charge is 0.496 e. The van der Waals surface area contributed by atoms with E-state index in [0.29, 0.717) is 0 Å². The van der Waals surface area contributed by atoms with Crippen LogP contribution in [0.3, 0.4) is 0 Å². The molecule has 0 fully saturated rings. The molecular weight excluding hydrogens is 350 g/mol. The van der Waals surface area contributed by atoms with Crippen LogP contribution in [0.25, 0.3) is 16.5 Å². The van der Waals surface area contributed by atoms with Gasteiger partial charge in [0.25, 0.3) is 0 Å². The molecule has 1 amide bonds. The number of aryl methyl sites for hydroxylation is 3. The summed E-state index contributed by atoms with van der Waals surface area (Å²) in [4.78, 5) is 12.5. The van der Waals surface area contributed by atoms with Gasteiger partial charge in [0.15, 0.2) is 0 Å². The highest BCUT2D eigenvalue weighted by Gasteiger charge is 2.23. The normalized spacial score (nSPS) is 14.0. The summed E-state index contributed by atoms with van der Waals surface area (Å²) in [5.41, 5.74) is 5.79. The molecule has 1 aromatic heterocycles. The van der Waals surface area contributed by atoms with Crippen molar-refractivity contribution in [1.29, 1.82) is 0 Å². The van der Waals surface area contributed by atoms with Gasteiger partial charge in [-0.05, 0) is 56.9 Å². The van der Waals surface area contributed by atoms with Gasteiger partial charge in [-0.2, -0.15) is 0 Å². The Kier molecular flexibility index (Phi) is 4.95. The van der Waals surface area contributed by atoms with Crippen molar-refractivity contribution in [3.8, 4) is 5.75 Å². The van der Waals surface area contributed by atoms with Gasteiger partial charge in [0.2, 0.25) is 5.91 Å². The van der Waals surface area contributed by atoms with Crippen molar-refractivity contribution in [2.75, 3.05) is 12.4 Å². The molecule has 1 aliphatic carbocycles. The van der Waals surface area contributed by atoms with Gasteiger partial charge in [-0.1, -0.05) is 18.2 Å². The van der Waals surface area contributed by atoms with Gasteiger partial charge in [-0.25, -0.2) is 0 Å². The van der Waals surface area contributed by atoms with Gasteiger partial charge in [0, 0.05) is 40.3 Å². The van der Waals surface area contributed by atoms with E-state index in [9.17, 15) is 4.79 Å². The number of ether oxygens (including phenoxy) is 1. The molecule has 3 aromatic rings. The zero-order valence-corrected chi connectivity index (χ0v) is 16.6. The van der Waals surface area contributed by atoms with Crippen LogP contribution in [0.4, 0.5) is 5.69 Å². The van der Waals surface area contributed by atoms with Crippen molar-refractivity contribution in [2.24, 2.45) is 0 Å². The lowest BCUT2D eigenvalue weighted by Gasteiger charge is -2.13. The van der Waals surface area contributed by atoms with E-state index in [1.165, 1.54) is 18.4 Å². The van der Waals surface area contributed by atoms with E-state index in [4.69, 9.17) is 9.15 Å². The second-order valence-electron chi connectivity index (χ2n) is 7.35. The number of anilines is 1. The minimum Gasteiger partial charge on any atom is -0.496 e. The van der Waals surface area contributed by atoms with Crippen LogP contribution in [-0.2, 0) is 17.6 Å². The first-order chi connectivity index (χ1) is 13.6. The van der Waals surface area contributed by atoms with Crippen molar-refractivity contribution < 1.29 is 13.9 Å². The van der Waals surface area contributed by atoms with Gasteiger partial charge in [-0.3, -0.25) is 4.79 Å². The molecule has 1 N–H and O–H groups in total. The summed E-state index contributed by atoms with van der Waals surface area (Å²) in [6.07, 6.45) is 6.04. The Hall–Kier alpha value is -3.01. The molecule has 0 spiro atoms. The number of hydrogen-bond acceptors (Lipinski definition) is 3. The average molecular weight is 375 g/mol. The van der Waals surface area contributed by atoms with Crippen molar-refractivity contribution in [3.05, 3.63) is 64.9 Å². The molecule has 0 radical (unpaired) electrons. The SMILES string of the molecule is COc1c(/C(C)=C/C(=O)Nc2ccccc2)cc2c3c(oc2c1C)CCCC3. The van der Waals surface area contributed by atoms with E-state index in [1.807, 2.05) is 44.2 Å². The summed E-state index contributed by atoms with van der Waals surface area (Å²) in [6, 6.07) is 11.6. The number of carbonyl (C=O) groups excluding carboxylic acids is 1. The van der Waals surface area contributed by atoms with Crippen LogP contribution in [0.5, 0.6) is 5.75 Å². The number of allylic oxidation sites excluding steroid dienone is 1. The maximum Gasteiger partial charge on any atom is 0.248 e. The van der Waals surface area contributed by atoms with Gasteiger partial charge < -0.3 is 14.5 Å². The molecule has 28 heavy (non-hydrogen) atoms. The molecule has 0 saturated carbocycles. The minimum absolute atomic E-state index is 0.155. The molecule has 0 saturated heterocycles. The van der Waals surface area contributed by atoms with Crippen LogP contribution in [0.15, 0.2) is 46.9 Å². The number of carbonyl (C=O) groups is 1. The van der Waals surface area contributed by atoms with E-state index in [-0.39, 0.29) is 5.91 Å². The monoisotopic (exact) mass is 375 g/mol. The van der Waals surface area contributed by atoms with Crippen LogP contribution in [0.2, 0.25) is 0 Å². The number of hydrogen-bond donors (Lipinski definition) is 1. The minimum atomic E-state index is -0.155. The van der Waals surface area contributed by atoms with E-state index in [2.05, 4.69) is 11.4 Å². The predicted molar refractivity (Wildman–Crippen MR) is 113 cm³/mol. The van der Waals surface area contributed by atoms with Crippen molar-refractivity contribution in [1.82, 2.24) is 0 Å². The van der Waals surface area contributed by atoms with Crippen molar-refractivity contribution >= 4 is 28.1 Å². The lowest BCUT2D eigenvalue weighted by atomic mass is 9.93. The fourth-order valence-corrected chi connectivity index (χ4v) is 4.07. The second-order valence-corrected chi connectivity index (χ2v) is 7.35. The number of methoxy groups -OCH3 is 1. The van der Waals surface area contributed by atoms with Crippen LogP contribution in [0.1, 0.15) is 42.2 Å². The number of rotatable bonds is 4. The maximum atomic E-state index is 12.5. The van der Waals surface area contributed by atoms with Crippen molar-refractivity contribution in [2.45, 2.75) is 39.5 Å². The highest BCUT2D eigenvalue weighted by atomic mass is 16.5. The number of amides is 1. The third kappa shape index (κ3) is 3.31. The molecule has 0 unspecified atom stereocenters. The van der Waals surface area contributed by atoms with E-state index in [0.717, 1.165) is 57.7 Å².